The van der Waals surface area contributed by atoms with Crippen LogP contribution in [-0.2, 0) is 9.53 Å². The van der Waals surface area contributed by atoms with E-state index in [0.717, 1.165) is 36.4 Å². The summed E-state index contributed by atoms with van der Waals surface area (Å²) < 4.78 is 10.9. The number of hydrogen-bond acceptors (Lipinski definition) is 3. The van der Waals surface area contributed by atoms with Gasteiger partial charge in [0.25, 0.3) is 0 Å². The van der Waals surface area contributed by atoms with E-state index < -0.39 is 0 Å². The molecule has 1 aliphatic heterocycles. The molecule has 31 heavy (non-hydrogen) atoms. The highest BCUT2D eigenvalue weighted by Crippen LogP contribution is 2.70. The second kappa shape index (κ2) is 7.52. The first kappa shape index (κ1) is 21.3. The number of esters is 1. The normalized spacial score (nSPS) is 45.7. The van der Waals surface area contributed by atoms with Gasteiger partial charge in [0.1, 0.15) is 11.4 Å². The second-order valence-electron chi connectivity index (χ2n) is 11.7. The minimum Gasteiger partial charge on any atom is -0.470 e. The Morgan fingerprint density at radius 1 is 1.00 bits per heavy atom. The molecular formula is C28H40O3. The van der Waals surface area contributed by atoms with Crippen molar-refractivity contribution in [2.24, 2.45) is 34.5 Å². The molecule has 0 N–H and O–H groups in total. The van der Waals surface area contributed by atoms with Gasteiger partial charge >= 0.3 is 5.97 Å². The van der Waals surface area contributed by atoms with Crippen molar-refractivity contribution in [1.29, 1.82) is 0 Å². The van der Waals surface area contributed by atoms with Gasteiger partial charge in [0.2, 0.25) is 0 Å². The standard InChI is InChI=1S/C23H34O2.C5H6O/c1-15-14-16-6-4-5-10-21(16,2)17-7-11-22(3)18(20(15)17)8-12-23(22)13-9-19(24)25-23;1-5-3-2-4-6-5/h14-15,17-18,20H,4-13H2,1-3H3;2-4H,1H3/t15?,17?,18?,20-,21+,22+,23-;/m1./s1. The lowest BCUT2D eigenvalue weighted by atomic mass is 9.45. The van der Waals surface area contributed by atoms with Crippen LogP contribution in [0, 0.1) is 41.4 Å². The first-order valence-corrected chi connectivity index (χ1v) is 12.7. The number of ether oxygens (including phenoxy) is 1. The summed E-state index contributed by atoms with van der Waals surface area (Å²) in [6.45, 7) is 9.47. The quantitative estimate of drug-likeness (QED) is 0.325. The fourth-order valence-corrected chi connectivity index (χ4v) is 8.71. The van der Waals surface area contributed by atoms with Gasteiger partial charge in [-0.15, -0.1) is 0 Å². The Morgan fingerprint density at radius 2 is 1.81 bits per heavy atom. The van der Waals surface area contributed by atoms with E-state index >= 15 is 0 Å². The summed E-state index contributed by atoms with van der Waals surface area (Å²) in [5.41, 5.74) is 2.33. The summed E-state index contributed by atoms with van der Waals surface area (Å²) in [5.74, 6) is 4.11. The second-order valence-corrected chi connectivity index (χ2v) is 11.7. The number of furan rings is 1. The highest BCUT2D eigenvalue weighted by Gasteiger charge is 2.67. The van der Waals surface area contributed by atoms with Crippen molar-refractivity contribution in [3.8, 4) is 0 Å². The van der Waals surface area contributed by atoms with Gasteiger partial charge in [0.05, 0.1) is 6.26 Å². The Kier molecular flexibility index (Phi) is 5.18. The summed E-state index contributed by atoms with van der Waals surface area (Å²) >= 11 is 0. The average Bonchev–Trinajstić information content (AvgIpc) is 3.44. The molecule has 3 heteroatoms. The maximum absolute atomic E-state index is 12.0. The van der Waals surface area contributed by atoms with E-state index in [1.807, 2.05) is 19.1 Å². The summed E-state index contributed by atoms with van der Waals surface area (Å²) in [5, 5.41) is 0. The van der Waals surface area contributed by atoms with Crippen LogP contribution in [0.4, 0.5) is 0 Å². The van der Waals surface area contributed by atoms with Crippen LogP contribution in [0.25, 0.3) is 0 Å². The molecule has 7 atom stereocenters. The first-order valence-electron chi connectivity index (χ1n) is 12.7. The average molecular weight is 425 g/mol. The third kappa shape index (κ3) is 3.16. The zero-order chi connectivity index (χ0) is 21.9. The van der Waals surface area contributed by atoms with E-state index in [1.54, 1.807) is 11.8 Å². The van der Waals surface area contributed by atoms with Crippen LogP contribution in [0.1, 0.15) is 90.7 Å². The van der Waals surface area contributed by atoms with Crippen molar-refractivity contribution in [1.82, 2.24) is 0 Å². The minimum absolute atomic E-state index is 0.0575. The summed E-state index contributed by atoms with van der Waals surface area (Å²) in [4.78, 5) is 12.0. The van der Waals surface area contributed by atoms with Gasteiger partial charge in [-0.3, -0.25) is 4.79 Å². The SMILES string of the molecule is CC1C=C2CCCC[C@]2(C)C2CC[C@@]3(C)C(CC[C@@]34CCC(=O)O4)[C@H]12.Cc1ccco1. The molecule has 3 unspecified atom stereocenters. The molecular weight excluding hydrogens is 384 g/mol. The molecule has 6 rings (SSSR count). The Balaban J connectivity index is 0.000000296. The van der Waals surface area contributed by atoms with Crippen molar-refractivity contribution < 1.29 is 13.9 Å². The Hall–Kier alpha value is -1.51. The molecule has 0 aromatic carbocycles. The number of fused-ring (bicyclic) bond motifs is 6. The Bertz CT molecular complexity index is 854. The van der Waals surface area contributed by atoms with Crippen molar-refractivity contribution in [3.63, 3.8) is 0 Å². The molecule has 0 radical (unpaired) electrons. The lowest BCUT2D eigenvalue weighted by Gasteiger charge is -2.60. The van der Waals surface area contributed by atoms with Crippen LogP contribution in [0.15, 0.2) is 34.5 Å². The summed E-state index contributed by atoms with van der Waals surface area (Å²) in [7, 11) is 0. The van der Waals surface area contributed by atoms with Gasteiger partial charge < -0.3 is 9.15 Å². The monoisotopic (exact) mass is 424 g/mol. The van der Waals surface area contributed by atoms with Crippen LogP contribution < -0.4 is 0 Å². The fraction of sp³-hybridized carbons (Fsp3) is 0.750. The van der Waals surface area contributed by atoms with E-state index in [4.69, 9.17) is 9.15 Å². The fourth-order valence-electron chi connectivity index (χ4n) is 8.71. The smallest absolute Gasteiger partial charge is 0.306 e. The van der Waals surface area contributed by atoms with Gasteiger partial charge in [-0.25, -0.2) is 0 Å². The van der Waals surface area contributed by atoms with Crippen molar-refractivity contribution in [2.75, 3.05) is 0 Å². The molecule has 1 saturated heterocycles. The first-order chi connectivity index (χ1) is 14.8. The number of rotatable bonds is 0. The van der Waals surface area contributed by atoms with Crippen molar-refractivity contribution in [2.45, 2.75) is 97.5 Å². The van der Waals surface area contributed by atoms with Crippen LogP contribution >= 0.6 is 0 Å². The van der Waals surface area contributed by atoms with Crippen LogP contribution in [0.2, 0.25) is 0 Å². The number of carbonyl (C=O) groups is 1. The number of aryl methyl sites for hydroxylation is 1. The number of carbonyl (C=O) groups excluding carboxylic acids is 1. The van der Waals surface area contributed by atoms with Crippen molar-refractivity contribution in [3.05, 3.63) is 35.8 Å². The third-order valence-electron chi connectivity index (χ3n) is 10.3. The highest BCUT2D eigenvalue weighted by molar-refractivity contribution is 5.72. The number of allylic oxidation sites excluding steroid dienone is 2. The Morgan fingerprint density at radius 3 is 2.45 bits per heavy atom. The van der Waals surface area contributed by atoms with E-state index in [9.17, 15) is 4.79 Å². The zero-order valence-corrected chi connectivity index (χ0v) is 19.9. The molecule has 5 aliphatic rings. The molecule has 1 aromatic rings. The van der Waals surface area contributed by atoms with Crippen molar-refractivity contribution >= 4 is 5.97 Å². The van der Waals surface area contributed by atoms with Crippen LogP contribution in [0.3, 0.4) is 0 Å². The molecule has 2 heterocycles. The predicted molar refractivity (Wildman–Crippen MR) is 122 cm³/mol. The molecule has 1 spiro atoms. The Labute approximate surface area is 188 Å². The van der Waals surface area contributed by atoms with E-state index in [1.165, 1.54) is 44.9 Å². The molecule has 170 valence electrons. The maximum atomic E-state index is 12.0. The van der Waals surface area contributed by atoms with Crippen LogP contribution in [0.5, 0.6) is 0 Å². The van der Waals surface area contributed by atoms with Crippen LogP contribution in [-0.4, -0.2) is 11.6 Å². The lowest BCUT2D eigenvalue weighted by Crippen LogP contribution is -2.55. The third-order valence-corrected chi connectivity index (χ3v) is 10.3. The molecule has 0 bridgehead atoms. The molecule has 1 aromatic heterocycles. The molecule has 3 saturated carbocycles. The topological polar surface area (TPSA) is 39.4 Å². The maximum Gasteiger partial charge on any atom is 0.306 e. The summed E-state index contributed by atoms with van der Waals surface area (Å²) in [6, 6.07) is 3.79. The molecule has 3 nitrogen and oxygen atoms in total. The molecule has 4 aliphatic carbocycles. The van der Waals surface area contributed by atoms with E-state index in [-0.39, 0.29) is 17.0 Å². The number of hydrogen-bond donors (Lipinski definition) is 0. The molecule has 4 fully saturated rings. The summed E-state index contributed by atoms with van der Waals surface area (Å²) in [6.07, 6.45) is 16.5. The molecule has 0 amide bonds. The van der Waals surface area contributed by atoms with Gasteiger partial charge in [-0.1, -0.05) is 38.8 Å². The van der Waals surface area contributed by atoms with Gasteiger partial charge in [-0.05, 0) is 99.5 Å². The van der Waals surface area contributed by atoms with Gasteiger partial charge in [0, 0.05) is 11.8 Å². The van der Waals surface area contributed by atoms with Gasteiger partial charge in [0.15, 0.2) is 0 Å². The highest BCUT2D eigenvalue weighted by atomic mass is 16.6. The largest absolute Gasteiger partial charge is 0.470 e. The van der Waals surface area contributed by atoms with E-state index in [0.29, 0.717) is 17.8 Å². The lowest BCUT2D eigenvalue weighted by molar-refractivity contribution is -0.168. The van der Waals surface area contributed by atoms with E-state index in [2.05, 4.69) is 26.8 Å². The zero-order valence-electron chi connectivity index (χ0n) is 19.9. The minimum atomic E-state index is -0.128. The van der Waals surface area contributed by atoms with Gasteiger partial charge in [-0.2, -0.15) is 0 Å². The predicted octanol–water partition coefficient (Wildman–Crippen LogP) is 7.25.